The van der Waals surface area contributed by atoms with E-state index in [4.69, 9.17) is 0 Å². The van der Waals surface area contributed by atoms with E-state index in [-0.39, 0.29) is 18.1 Å². The molecule has 0 radical (unpaired) electrons. The molecule has 0 aliphatic rings. The number of halogens is 1. The number of benzene rings is 3. The molecule has 0 heterocycles. The predicted octanol–water partition coefficient (Wildman–Crippen LogP) is 4.67. The molecule has 26 heavy (non-hydrogen) atoms. The summed E-state index contributed by atoms with van der Waals surface area (Å²) in [5.41, 5.74) is 4.11. The number of nitrogens with zero attached hydrogens (tertiary/aromatic N) is 1. The van der Waals surface area contributed by atoms with Crippen LogP contribution >= 0.6 is 11.8 Å². The van der Waals surface area contributed by atoms with E-state index in [2.05, 4.69) is 22.7 Å². The molecule has 0 saturated carbocycles. The van der Waals surface area contributed by atoms with Gasteiger partial charge in [0.15, 0.2) is 0 Å². The minimum absolute atomic E-state index is 0.157. The Morgan fingerprint density at radius 1 is 0.923 bits per heavy atom. The average molecular weight is 364 g/mol. The van der Waals surface area contributed by atoms with E-state index >= 15 is 0 Å². The van der Waals surface area contributed by atoms with Gasteiger partial charge in [0.1, 0.15) is 5.82 Å². The van der Waals surface area contributed by atoms with Gasteiger partial charge in [-0.15, -0.1) is 0 Å². The first-order valence-electron chi connectivity index (χ1n) is 8.08. The Bertz CT molecular complexity index is 878. The minimum Gasteiger partial charge on any atom is -0.273 e. The second-order valence-electron chi connectivity index (χ2n) is 5.58. The Kier molecular flexibility index (Phi) is 6.17. The first-order valence-corrected chi connectivity index (χ1v) is 8.90. The third-order valence-electron chi connectivity index (χ3n) is 3.54. The second-order valence-corrected chi connectivity index (χ2v) is 6.73. The zero-order valence-electron chi connectivity index (χ0n) is 13.9. The molecule has 0 atom stereocenters. The molecule has 0 bridgehead atoms. The van der Waals surface area contributed by atoms with Crippen molar-refractivity contribution in [3.8, 4) is 0 Å². The molecule has 3 aromatic rings. The van der Waals surface area contributed by atoms with E-state index in [0.29, 0.717) is 0 Å². The van der Waals surface area contributed by atoms with Gasteiger partial charge in [-0.3, -0.25) is 4.79 Å². The number of hydrazone groups is 1. The van der Waals surface area contributed by atoms with Gasteiger partial charge in [-0.05, 0) is 47.5 Å². The maximum absolute atomic E-state index is 12.8. The monoisotopic (exact) mass is 364 g/mol. The van der Waals surface area contributed by atoms with Crippen molar-refractivity contribution in [3.63, 3.8) is 0 Å². The van der Waals surface area contributed by atoms with Crippen LogP contribution in [0, 0.1) is 5.82 Å². The van der Waals surface area contributed by atoms with Crippen molar-refractivity contribution < 1.29 is 9.18 Å². The number of rotatable bonds is 6. The number of amides is 1. The van der Waals surface area contributed by atoms with Crippen LogP contribution in [-0.2, 0) is 11.2 Å². The number of carbonyl (C=O) groups excluding carboxylic acids is 1. The van der Waals surface area contributed by atoms with E-state index in [1.54, 1.807) is 30.1 Å². The highest BCUT2D eigenvalue weighted by Gasteiger charge is 2.02. The third kappa shape index (κ3) is 5.57. The summed E-state index contributed by atoms with van der Waals surface area (Å²) in [6.45, 7) is 0. The maximum Gasteiger partial charge on any atom is 0.244 e. The van der Waals surface area contributed by atoms with Gasteiger partial charge in [-0.1, -0.05) is 54.2 Å². The van der Waals surface area contributed by atoms with Crippen LogP contribution in [0.15, 0.2) is 93.8 Å². The minimum atomic E-state index is -0.318. The van der Waals surface area contributed by atoms with Gasteiger partial charge in [0.25, 0.3) is 0 Å². The summed E-state index contributed by atoms with van der Waals surface area (Å²) in [5, 5.41) is 3.96. The molecule has 0 unspecified atom stereocenters. The molecule has 1 amide bonds. The van der Waals surface area contributed by atoms with Gasteiger partial charge >= 0.3 is 0 Å². The van der Waals surface area contributed by atoms with Gasteiger partial charge in [0, 0.05) is 9.79 Å². The first-order chi connectivity index (χ1) is 12.7. The molecular formula is C21H17FN2OS. The maximum atomic E-state index is 12.8. The van der Waals surface area contributed by atoms with E-state index in [1.807, 2.05) is 42.5 Å². The molecule has 0 fully saturated rings. The molecule has 0 aliphatic carbocycles. The van der Waals surface area contributed by atoms with Crippen molar-refractivity contribution in [3.05, 3.63) is 95.8 Å². The van der Waals surface area contributed by atoms with Crippen molar-refractivity contribution in [1.82, 2.24) is 5.43 Å². The quantitative estimate of drug-likeness (QED) is 0.510. The molecule has 3 nitrogen and oxygen atoms in total. The fourth-order valence-corrected chi connectivity index (χ4v) is 3.09. The summed E-state index contributed by atoms with van der Waals surface area (Å²) in [6.07, 6.45) is 1.75. The van der Waals surface area contributed by atoms with E-state index in [9.17, 15) is 9.18 Å². The Labute approximate surface area is 156 Å². The van der Waals surface area contributed by atoms with Crippen LogP contribution in [0.25, 0.3) is 0 Å². The molecule has 0 aliphatic heterocycles. The largest absolute Gasteiger partial charge is 0.273 e. The highest BCUT2D eigenvalue weighted by molar-refractivity contribution is 7.99. The lowest BCUT2D eigenvalue weighted by Gasteiger charge is -2.02. The zero-order chi connectivity index (χ0) is 18.2. The van der Waals surface area contributed by atoms with Crippen LogP contribution in [0.3, 0.4) is 0 Å². The highest BCUT2D eigenvalue weighted by Crippen LogP contribution is 2.27. The van der Waals surface area contributed by atoms with Gasteiger partial charge in [-0.25, -0.2) is 9.82 Å². The zero-order valence-corrected chi connectivity index (χ0v) is 14.7. The Balaban J connectivity index is 1.50. The summed E-state index contributed by atoms with van der Waals surface area (Å²) in [5.74, 6) is -0.565. The van der Waals surface area contributed by atoms with Crippen molar-refractivity contribution in [1.29, 1.82) is 0 Å². The van der Waals surface area contributed by atoms with Crippen LogP contribution in [0.5, 0.6) is 0 Å². The molecule has 1 N–H and O–H groups in total. The van der Waals surface area contributed by atoms with Crippen LogP contribution < -0.4 is 5.43 Å². The first kappa shape index (κ1) is 17.9. The number of hydrogen-bond acceptors (Lipinski definition) is 3. The Hall–Kier alpha value is -2.92. The number of hydrogen-bond donors (Lipinski definition) is 1. The van der Waals surface area contributed by atoms with Gasteiger partial charge in [-0.2, -0.15) is 5.10 Å². The summed E-state index contributed by atoms with van der Waals surface area (Å²) in [6, 6.07) is 23.9. The van der Waals surface area contributed by atoms with Gasteiger partial charge < -0.3 is 0 Å². The third-order valence-corrected chi connectivity index (χ3v) is 4.56. The van der Waals surface area contributed by atoms with Crippen LogP contribution in [0.4, 0.5) is 4.39 Å². The number of carbonyl (C=O) groups is 1. The summed E-state index contributed by atoms with van der Waals surface area (Å²) < 4.78 is 12.8. The van der Waals surface area contributed by atoms with Crippen LogP contribution in [0.2, 0.25) is 0 Å². The summed E-state index contributed by atoms with van der Waals surface area (Å²) in [4.78, 5) is 14.1. The Morgan fingerprint density at radius 3 is 2.27 bits per heavy atom. The van der Waals surface area contributed by atoms with Crippen molar-refractivity contribution in [2.45, 2.75) is 16.2 Å². The van der Waals surface area contributed by atoms with E-state index < -0.39 is 0 Å². The SMILES string of the molecule is O=C(Cc1ccc(F)cc1)N/N=C/c1ccc(Sc2ccccc2)cc1. The smallest absolute Gasteiger partial charge is 0.244 e. The molecule has 0 aromatic heterocycles. The van der Waals surface area contributed by atoms with Crippen LogP contribution in [-0.4, -0.2) is 12.1 Å². The lowest BCUT2D eigenvalue weighted by atomic mass is 10.1. The average Bonchev–Trinajstić information content (AvgIpc) is 2.66. The second kappa shape index (κ2) is 8.97. The molecule has 5 heteroatoms. The van der Waals surface area contributed by atoms with Crippen LogP contribution in [0.1, 0.15) is 11.1 Å². The Morgan fingerprint density at radius 2 is 1.58 bits per heavy atom. The summed E-state index contributed by atoms with van der Waals surface area (Å²) >= 11 is 1.69. The van der Waals surface area contributed by atoms with Gasteiger partial charge in [0.2, 0.25) is 5.91 Å². The van der Waals surface area contributed by atoms with Gasteiger partial charge in [0.05, 0.1) is 12.6 Å². The summed E-state index contributed by atoms with van der Waals surface area (Å²) in [7, 11) is 0. The standard InChI is InChI=1S/C21H17FN2OS/c22-18-10-6-16(7-11-18)14-21(25)24-23-15-17-8-12-20(13-9-17)26-19-4-2-1-3-5-19/h1-13,15H,14H2,(H,24,25)/b23-15+. The van der Waals surface area contributed by atoms with Crippen molar-refractivity contribution in [2.24, 2.45) is 5.10 Å². The van der Waals surface area contributed by atoms with E-state index in [0.717, 1.165) is 16.0 Å². The molecule has 3 aromatic carbocycles. The topological polar surface area (TPSA) is 41.5 Å². The highest BCUT2D eigenvalue weighted by atomic mass is 32.2. The fourth-order valence-electron chi connectivity index (χ4n) is 2.25. The fraction of sp³-hybridized carbons (Fsp3) is 0.0476. The molecule has 0 saturated heterocycles. The molecule has 0 spiro atoms. The van der Waals surface area contributed by atoms with Crippen molar-refractivity contribution >= 4 is 23.9 Å². The predicted molar refractivity (Wildman–Crippen MR) is 103 cm³/mol. The van der Waals surface area contributed by atoms with Crippen molar-refractivity contribution in [2.75, 3.05) is 0 Å². The lowest BCUT2D eigenvalue weighted by molar-refractivity contribution is -0.120. The molecular weight excluding hydrogens is 347 g/mol. The van der Waals surface area contributed by atoms with E-state index in [1.165, 1.54) is 17.0 Å². The lowest BCUT2D eigenvalue weighted by Crippen LogP contribution is -2.19. The normalized spacial score (nSPS) is 10.8. The molecule has 3 rings (SSSR count). The number of nitrogens with one attached hydrogen (secondary N) is 1. The molecule has 130 valence electrons.